The van der Waals surface area contributed by atoms with E-state index in [2.05, 4.69) is 21.2 Å². The number of nitrogens with zero attached hydrogens (tertiary/aromatic N) is 3. The molecule has 8 heteroatoms. The molecule has 4 rings (SSSR count). The van der Waals surface area contributed by atoms with Crippen molar-refractivity contribution in [2.24, 2.45) is 10.9 Å². The summed E-state index contributed by atoms with van der Waals surface area (Å²) in [6.07, 6.45) is 0. The lowest BCUT2D eigenvalue weighted by Crippen LogP contribution is -2.57. The summed E-state index contributed by atoms with van der Waals surface area (Å²) >= 11 is 0. The number of piperazine rings is 1. The molecule has 2 aromatic carbocycles. The van der Waals surface area contributed by atoms with E-state index in [0.717, 1.165) is 30.1 Å². The van der Waals surface area contributed by atoms with Crippen molar-refractivity contribution in [3.8, 4) is 5.75 Å². The van der Waals surface area contributed by atoms with Gasteiger partial charge >= 0.3 is 5.97 Å². The second-order valence-corrected chi connectivity index (χ2v) is 7.47. The van der Waals surface area contributed by atoms with Crippen molar-refractivity contribution in [3.05, 3.63) is 60.2 Å². The minimum atomic E-state index is -1.01. The lowest BCUT2D eigenvalue weighted by Gasteiger charge is -2.39. The number of amides is 1. The number of anilines is 1. The summed E-state index contributed by atoms with van der Waals surface area (Å²) in [6.45, 7) is 2.94. The molecule has 2 aromatic rings. The second-order valence-electron chi connectivity index (χ2n) is 7.47. The third kappa shape index (κ3) is 4.33. The van der Waals surface area contributed by atoms with Crippen LogP contribution in [0.2, 0.25) is 0 Å². The first kappa shape index (κ1) is 20.7. The number of guanidine groups is 1. The lowest BCUT2D eigenvalue weighted by molar-refractivity contribution is -0.151. The van der Waals surface area contributed by atoms with Crippen LogP contribution < -0.4 is 15.0 Å². The van der Waals surface area contributed by atoms with Crippen molar-refractivity contribution >= 4 is 23.5 Å². The van der Waals surface area contributed by atoms with E-state index in [4.69, 9.17) is 14.5 Å². The van der Waals surface area contributed by atoms with E-state index < -0.39 is 17.9 Å². The Labute approximate surface area is 181 Å². The average Bonchev–Trinajstić information content (AvgIpc) is 2.83. The van der Waals surface area contributed by atoms with Gasteiger partial charge in [-0.2, -0.15) is 0 Å². The van der Waals surface area contributed by atoms with Gasteiger partial charge in [0.05, 0.1) is 14.2 Å². The highest BCUT2D eigenvalue weighted by Gasteiger charge is 2.41. The van der Waals surface area contributed by atoms with Crippen molar-refractivity contribution in [1.82, 2.24) is 10.2 Å². The maximum Gasteiger partial charge on any atom is 0.320 e. The quantitative estimate of drug-likeness (QED) is 0.598. The van der Waals surface area contributed by atoms with Gasteiger partial charge in [0.25, 0.3) is 0 Å². The van der Waals surface area contributed by atoms with Gasteiger partial charge in [-0.25, -0.2) is 4.99 Å². The first-order valence-corrected chi connectivity index (χ1v) is 10.3. The molecule has 8 nitrogen and oxygen atoms in total. The normalized spacial score (nSPS) is 21.2. The molecule has 0 spiro atoms. The van der Waals surface area contributed by atoms with Gasteiger partial charge in [0.2, 0.25) is 11.9 Å². The monoisotopic (exact) mass is 422 g/mol. The molecule has 31 heavy (non-hydrogen) atoms. The molecule has 0 aromatic heterocycles. The molecule has 0 saturated carbocycles. The van der Waals surface area contributed by atoms with E-state index in [-0.39, 0.29) is 5.91 Å². The number of esters is 1. The predicted octanol–water partition coefficient (Wildman–Crippen LogP) is 1.83. The van der Waals surface area contributed by atoms with E-state index in [1.807, 2.05) is 48.5 Å². The Balaban J connectivity index is 1.53. The summed E-state index contributed by atoms with van der Waals surface area (Å²) in [5.74, 6) is -0.653. The topological polar surface area (TPSA) is 83.5 Å². The Hall–Kier alpha value is -3.55. The molecule has 2 aliphatic rings. The van der Waals surface area contributed by atoms with Crippen molar-refractivity contribution in [2.45, 2.75) is 6.04 Å². The fourth-order valence-corrected chi connectivity index (χ4v) is 3.99. The molecule has 2 aliphatic heterocycles. The Kier molecular flexibility index (Phi) is 6.06. The highest BCUT2D eigenvalue weighted by atomic mass is 16.5. The zero-order valence-electron chi connectivity index (χ0n) is 17.7. The van der Waals surface area contributed by atoms with Gasteiger partial charge in [-0.15, -0.1) is 0 Å². The van der Waals surface area contributed by atoms with E-state index in [9.17, 15) is 9.59 Å². The Morgan fingerprint density at radius 3 is 2.39 bits per heavy atom. The molecule has 0 radical (unpaired) electrons. The first-order chi connectivity index (χ1) is 15.1. The number of benzene rings is 2. The Morgan fingerprint density at radius 2 is 1.71 bits per heavy atom. The summed E-state index contributed by atoms with van der Waals surface area (Å²) in [7, 11) is 2.94. The van der Waals surface area contributed by atoms with E-state index in [0.29, 0.717) is 19.0 Å². The van der Waals surface area contributed by atoms with Gasteiger partial charge in [0, 0.05) is 37.9 Å². The number of aliphatic imine (C=N–C) groups is 1. The number of carbonyl (C=O) groups is 2. The van der Waals surface area contributed by atoms with Crippen LogP contribution in [0.1, 0.15) is 11.6 Å². The zero-order chi connectivity index (χ0) is 21.8. The summed E-state index contributed by atoms with van der Waals surface area (Å²) in [6, 6.07) is 16.7. The van der Waals surface area contributed by atoms with Gasteiger partial charge in [0.15, 0.2) is 5.92 Å². The molecule has 2 atom stereocenters. The number of hydrogen-bond acceptors (Lipinski definition) is 7. The summed E-state index contributed by atoms with van der Waals surface area (Å²) in [5, 5.41) is 2.82. The SMILES string of the molecule is COC(=O)[C@H]1C(=O)NC(N2CCN(c3cccc(OC)c3)CC2)=N[C@@H]1c1ccccc1. The fourth-order valence-electron chi connectivity index (χ4n) is 3.99. The lowest BCUT2D eigenvalue weighted by atomic mass is 9.91. The van der Waals surface area contributed by atoms with Crippen LogP contribution in [-0.2, 0) is 14.3 Å². The highest BCUT2D eigenvalue weighted by Crippen LogP contribution is 2.31. The number of carbonyl (C=O) groups excluding carboxylic acids is 2. The maximum absolute atomic E-state index is 12.8. The van der Waals surface area contributed by atoms with Crippen molar-refractivity contribution in [3.63, 3.8) is 0 Å². The molecule has 1 fully saturated rings. The Bertz CT molecular complexity index is 971. The molecule has 1 saturated heterocycles. The van der Waals surface area contributed by atoms with Crippen molar-refractivity contribution in [2.75, 3.05) is 45.3 Å². The number of rotatable bonds is 4. The van der Waals surface area contributed by atoms with Gasteiger partial charge in [0.1, 0.15) is 11.8 Å². The molecule has 0 aliphatic carbocycles. The summed E-state index contributed by atoms with van der Waals surface area (Å²) in [4.78, 5) is 34.3. The largest absolute Gasteiger partial charge is 0.497 e. The van der Waals surface area contributed by atoms with Crippen LogP contribution in [0.25, 0.3) is 0 Å². The van der Waals surface area contributed by atoms with Gasteiger partial charge in [-0.3, -0.25) is 14.9 Å². The fraction of sp³-hybridized carbons (Fsp3) is 0.348. The van der Waals surface area contributed by atoms with Gasteiger partial charge < -0.3 is 19.3 Å². The Morgan fingerprint density at radius 1 is 1.00 bits per heavy atom. The van der Waals surface area contributed by atoms with Crippen LogP contribution in [0.3, 0.4) is 0 Å². The van der Waals surface area contributed by atoms with Crippen LogP contribution in [-0.4, -0.2) is 63.1 Å². The minimum Gasteiger partial charge on any atom is -0.497 e. The third-order valence-electron chi connectivity index (χ3n) is 5.69. The number of ether oxygens (including phenoxy) is 2. The van der Waals surface area contributed by atoms with Crippen LogP contribution in [0.15, 0.2) is 59.6 Å². The van der Waals surface area contributed by atoms with Crippen LogP contribution in [0.4, 0.5) is 5.69 Å². The number of methoxy groups -OCH3 is 2. The van der Waals surface area contributed by atoms with Crippen molar-refractivity contribution < 1.29 is 19.1 Å². The standard InChI is InChI=1S/C23H26N4O4/c1-30-18-10-6-9-17(15-18)26-11-13-27(14-12-26)23-24-20(16-7-4-3-5-8-16)19(21(28)25-23)22(29)31-2/h3-10,15,19-20H,11-14H2,1-2H3,(H,24,25,28)/t19-,20-/m1/s1. The summed E-state index contributed by atoms with van der Waals surface area (Å²) < 4.78 is 10.2. The molecule has 1 amide bonds. The molecule has 1 N–H and O–H groups in total. The molecule has 162 valence electrons. The smallest absolute Gasteiger partial charge is 0.320 e. The van der Waals surface area contributed by atoms with Crippen LogP contribution in [0, 0.1) is 5.92 Å². The first-order valence-electron chi connectivity index (χ1n) is 10.3. The van der Waals surface area contributed by atoms with Gasteiger partial charge in [-0.1, -0.05) is 36.4 Å². The highest BCUT2D eigenvalue weighted by molar-refractivity contribution is 6.08. The number of hydrogen-bond donors (Lipinski definition) is 1. The van der Waals surface area contributed by atoms with Crippen LogP contribution in [0.5, 0.6) is 5.75 Å². The second kappa shape index (κ2) is 9.07. The van der Waals surface area contributed by atoms with E-state index in [1.54, 1.807) is 7.11 Å². The predicted molar refractivity (Wildman–Crippen MR) is 117 cm³/mol. The molecular weight excluding hydrogens is 396 g/mol. The molecule has 0 unspecified atom stereocenters. The minimum absolute atomic E-state index is 0.388. The van der Waals surface area contributed by atoms with E-state index >= 15 is 0 Å². The molecular formula is C23H26N4O4. The third-order valence-corrected chi connectivity index (χ3v) is 5.69. The average molecular weight is 422 g/mol. The number of nitrogens with one attached hydrogen (secondary N) is 1. The zero-order valence-corrected chi connectivity index (χ0v) is 17.7. The molecule has 2 heterocycles. The van der Waals surface area contributed by atoms with E-state index in [1.165, 1.54) is 7.11 Å². The van der Waals surface area contributed by atoms with Crippen molar-refractivity contribution in [1.29, 1.82) is 0 Å². The maximum atomic E-state index is 12.8. The summed E-state index contributed by atoms with van der Waals surface area (Å²) in [5.41, 5.74) is 1.90. The van der Waals surface area contributed by atoms with Crippen LogP contribution >= 0.6 is 0 Å². The molecule has 0 bridgehead atoms. The van der Waals surface area contributed by atoms with Gasteiger partial charge in [-0.05, 0) is 17.7 Å².